The summed E-state index contributed by atoms with van der Waals surface area (Å²) in [7, 11) is 0. The fraction of sp³-hybridized carbons (Fsp3) is 0.385. The molecule has 1 aromatic rings. The van der Waals surface area contributed by atoms with Gasteiger partial charge in [-0.3, -0.25) is 4.79 Å². The van der Waals surface area contributed by atoms with Gasteiger partial charge in [0.2, 0.25) is 0 Å². The number of benzene rings is 1. The van der Waals surface area contributed by atoms with Gasteiger partial charge in [0.05, 0.1) is 5.56 Å². The van der Waals surface area contributed by atoms with Gasteiger partial charge < -0.3 is 9.47 Å². The zero-order chi connectivity index (χ0) is 13.9. The highest BCUT2D eigenvalue weighted by Crippen LogP contribution is 2.24. The molecule has 0 saturated heterocycles. The van der Waals surface area contributed by atoms with Gasteiger partial charge >= 0.3 is 6.16 Å². The van der Waals surface area contributed by atoms with Crippen molar-refractivity contribution in [2.45, 2.75) is 33.3 Å². The van der Waals surface area contributed by atoms with Gasteiger partial charge in [0.1, 0.15) is 11.4 Å². The van der Waals surface area contributed by atoms with Crippen LogP contribution >= 0.6 is 15.9 Å². The molecular formula is C13H15BrO4. The predicted molar refractivity (Wildman–Crippen MR) is 71.0 cm³/mol. The number of carbonyl (C=O) groups is 2. The molecule has 0 atom stereocenters. The van der Waals surface area contributed by atoms with E-state index in [1.165, 1.54) is 6.92 Å². The molecule has 0 unspecified atom stereocenters. The van der Waals surface area contributed by atoms with Crippen molar-refractivity contribution < 1.29 is 19.1 Å². The summed E-state index contributed by atoms with van der Waals surface area (Å²) in [5, 5.41) is 0. The fourth-order valence-electron chi connectivity index (χ4n) is 1.23. The first kappa shape index (κ1) is 14.7. The van der Waals surface area contributed by atoms with E-state index in [2.05, 4.69) is 15.9 Å². The third-order valence-corrected chi connectivity index (χ3v) is 2.40. The van der Waals surface area contributed by atoms with E-state index in [0.717, 1.165) is 4.47 Å². The van der Waals surface area contributed by atoms with Gasteiger partial charge in [0.15, 0.2) is 5.78 Å². The van der Waals surface area contributed by atoms with Crippen molar-refractivity contribution in [3.8, 4) is 5.75 Å². The Bertz CT molecular complexity index is 474. The largest absolute Gasteiger partial charge is 0.514 e. The molecule has 98 valence electrons. The molecule has 1 aromatic carbocycles. The number of rotatable bonds is 2. The molecule has 0 aliphatic heterocycles. The number of halogens is 1. The average molecular weight is 315 g/mol. The van der Waals surface area contributed by atoms with Crippen LogP contribution < -0.4 is 4.74 Å². The van der Waals surface area contributed by atoms with E-state index in [-0.39, 0.29) is 11.5 Å². The summed E-state index contributed by atoms with van der Waals surface area (Å²) >= 11 is 3.26. The SMILES string of the molecule is CC(=O)c1cc(Br)ccc1OC(=O)OC(C)(C)C. The van der Waals surface area contributed by atoms with Gasteiger partial charge in [-0.25, -0.2) is 4.79 Å². The summed E-state index contributed by atoms with van der Waals surface area (Å²) < 4.78 is 10.8. The summed E-state index contributed by atoms with van der Waals surface area (Å²) in [4.78, 5) is 23.0. The predicted octanol–water partition coefficient (Wildman–Crippen LogP) is 3.97. The molecular weight excluding hydrogens is 300 g/mol. The molecule has 0 aromatic heterocycles. The molecule has 0 fully saturated rings. The molecule has 5 heteroatoms. The second-order valence-electron chi connectivity index (χ2n) is 4.76. The summed E-state index contributed by atoms with van der Waals surface area (Å²) in [6.07, 6.45) is -0.827. The van der Waals surface area contributed by atoms with Crippen molar-refractivity contribution in [1.82, 2.24) is 0 Å². The number of Topliss-reactive ketones (excluding diaryl/α,β-unsaturated/α-hetero) is 1. The monoisotopic (exact) mass is 314 g/mol. The van der Waals surface area contributed by atoms with Gasteiger partial charge in [-0.2, -0.15) is 0 Å². The van der Waals surface area contributed by atoms with E-state index < -0.39 is 11.8 Å². The van der Waals surface area contributed by atoms with E-state index in [1.54, 1.807) is 39.0 Å². The standard InChI is InChI=1S/C13H15BrO4/c1-8(15)10-7-9(14)5-6-11(10)17-12(16)18-13(2,3)4/h5-7H,1-4H3. The van der Waals surface area contributed by atoms with Crippen LogP contribution in [0.1, 0.15) is 38.1 Å². The lowest BCUT2D eigenvalue weighted by Crippen LogP contribution is -2.26. The smallest absolute Gasteiger partial charge is 0.428 e. The molecule has 0 radical (unpaired) electrons. The number of hydrogen-bond acceptors (Lipinski definition) is 4. The molecule has 4 nitrogen and oxygen atoms in total. The first-order chi connectivity index (χ1) is 8.19. The third kappa shape index (κ3) is 4.49. The highest BCUT2D eigenvalue weighted by molar-refractivity contribution is 9.10. The Morgan fingerprint density at radius 1 is 1.22 bits per heavy atom. The Balaban J connectivity index is 2.91. The van der Waals surface area contributed by atoms with Crippen LogP contribution in [0.25, 0.3) is 0 Å². The summed E-state index contributed by atoms with van der Waals surface area (Å²) in [6.45, 7) is 6.62. The summed E-state index contributed by atoms with van der Waals surface area (Å²) in [5.74, 6) is 0.00908. The quantitative estimate of drug-likeness (QED) is 0.471. The Morgan fingerprint density at radius 3 is 2.33 bits per heavy atom. The molecule has 0 spiro atoms. The van der Waals surface area contributed by atoms with Crippen molar-refractivity contribution in [1.29, 1.82) is 0 Å². The van der Waals surface area contributed by atoms with Gasteiger partial charge in [-0.1, -0.05) is 15.9 Å². The fourth-order valence-corrected chi connectivity index (χ4v) is 1.59. The molecule has 18 heavy (non-hydrogen) atoms. The Labute approximate surface area is 114 Å². The van der Waals surface area contributed by atoms with E-state index in [0.29, 0.717) is 5.56 Å². The molecule has 0 amide bonds. The number of ketones is 1. The van der Waals surface area contributed by atoms with Crippen LogP contribution in [0, 0.1) is 0 Å². The van der Waals surface area contributed by atoms with Gasteiger partial charge in [0.25, 0.3) is 0 Å². The van der Waals surface area contributed by atoms with Crippen LogP contribution in [0.15, 0.2) is 22.7 Å². The second kappa shape index (κ2) is 5.52. The second-order valence-corrected chi connectivity index (χ2v) is 5.68. The lowest BCUT2D eigenvalue weighted by atomic mass is 10.1. The van der Waals surface area contributed by atoms with Crippen molar-refractivity contribution in [2.75, 3.05) is 0 Å². The first-order valence-electron chi connectivity index (χ1n) is 5.40. The zero-order valence-electron chi connectivity index (χ0n) is 10.7. The zero-order valence-corrected chi connectivity index (χ0v) is 12.3. The summed E-state index contributed by atoms with van der Waals surface area (Å²) in [5.41, 5.74) is -0.307. The maximum Gasteiger partial charge on any atom is 0.514 e. The molecule has 0 heterocycles. The lowest BCUT2D eigenvalue weighted by Gasteiger charge is -2.19. The van der Waals surface area contributed by atoms with Crippen LogP contribution in [0.4, 0.5) is 4.79 Å². The Morgan fingerprint density at radius 2 is 1.83 bits per heavy atom. The van der Waals surface area contributed by atoms with E-state index in [9.17, 15) is 9.59 Å². The normalized spacial score (nSPS) is 10.9. The van der Waals surface area contributed by atoms with E-state index >= 15 is 0 Å². The molecule has 0 saturated carbocycles. The first-order valence-corrected chi connectivity index (χ1v) is 6.19. The van der Waals surface area contributed by atoms with Crippen LogP contribution in [-0.2, 0) is 4.74 Å². The van der Waals surface area contributed by atoms with Crippen molar-refractivity contribution >= 4 is 27.9 Å². The third-order valence-electron chi connectivity index (χ3n) is 1.90. The number of hydrogen-bond donors (Lipinski definition) is 0. The average Bonchev–Trinajstić information content (AvgIpc) is 2.17. The molecule has 0 N–H and O–H groups in total. The molecule has 0 aliphatic carbocycles. The van der Waals surface area contributed by atoms with E-state index in [4.69, 9.17) is 9.47 Å². The minimum atomic E-state index is -0.827. The van der Waals surface area contributed by atoms with Crippen LogP contribution in [0.5, 0.6) is 5.75 Å². The van der Waals surface area contributed by atoms with Crippen LogP contribution in [0.2, 0.25) is 0 Å². The van der Waals surface area contributed by atoms with Gasteiger partial charge in [-0.05, 0) is 45.9 Å². The number of ether oxygens (including phenoxy) is 2. The van der Waals surface area contributed by atoms with Crippen molar-refractivity contribution in [3.05, 3.63) is 28.2 Å². The van der Waals surface area contributed by atoms with Crippen molar-refractivity contribution in [2.24, 2.45) is 0 Å². The Kier molecular flexibility index (Phi) is 4.51. The number of carbonyl (C=O) groups excluding carboxylic acids is 2. The molecule has 0 aliphatic rings. The molecule has 1 rings (SSSR count). The lowest BCUT2D eigenvalue weighted by molar-refractivity contribution is 0.0205. The minimum absolute atomic E-state index is 0.185. The van der Waals surface area contributed by atoms with Crippen LogP contribution in [0.3, 0.4) is 0 Å². The highest BCUT2D eigenvalue weighted by atomic mass is 79.9. The van der Waals surface area contributed by atoms with Crippen molar-refractivity contribution in [3.63, 3.8) is 0 Å². The van der Waals surface area contributed by atoms with E-state index in [1.807, 2.05) is 0 Å². The maximum atomic E-state index is 11.5. The van der Waals surface area contributed by atoms with Gasteiger partial charge in [0, 0.05) is 4.47 Å². The Hall–Kier alpha value is -1.36. The maximum absolute atomic E-state index is 11.5. The summed E-state index contributed by atoms with van der Waals surface area (Å²) in [6, 6.07) is 4.83. The highest BCUT2D eigenvalue weighted by Gasteiger charge is 2.20. The topological polar surface area (TPSA) is 52.6 Å². The minimum Gasteiger partial charge on any atom is -0.428 e. The van der Waals surface area contributed by atoms with Crippen LogP contribution in [-0.4, -0.2) is 17.5 Å². The van der Waals surface area contributed by atoms with Gasteiger partial charge in [-0.15, -0.1) is 0 Å². The molecule has 0 bridgehead atoms.